The van der Waals surface area contributed by atoms with Gasteiger partial charge >= 0.3 is 0 Å². The van der Waals surface area contributed by atoms with E-state index in [1.165, 1.54) is 12.0 Å². The lowest BCUT2D eigenvalue weighted by Crippen LogP contribution is -2.31. The number of thioether (sulfide) groups is 1. The van der Waals surface area contributed by atoms with Crippen LogP contribution in [0.25, 0.3) is 6.08 Å². The highest BCUT2D eigenvalue weighted by molar-refractivity contribution is 14.1. The Balaban J connectivity index is 1.86. The second-order valence-corrected chi connectivity index (χ2v) is 8.80. The summed E-state index contributed by atoms with van der Waals surface area (Å²) in [5.74, 6) is 0.752. The Morgan fingerprint density at radius 3 is 2.72 bits per heavy atom. The van der Waals surface area contributed by atoms with Crippen molar-refractivity contribution in [3.05, 3.63) is 61.6 Å². The molecular formula is C23H21IN2O5S. The van der Waals surface area contributed by atoms with Crippen LogP contribution in [0.3, 0.4) is 0 Å². The summed E-state index contributed by atoms with van der Waals surface area (Å²) in [4.78, 5) is 26.3. The minimum atomic E-state index is -0.335. The topological polar surface area (TPSA) is 88.9 Å². The maximum absolute atomic E-state index is 12.6. The van der Waals surface area contributed by atoms with Crippen LogP contribution in [-0.4, -0.2) is 42.9 Å². The number of hydrogen-bond acceptors (Lipinski definition) is 7. The van der Waals surface area contributed by atoms with Gasteiger partial charge in [0.15, 0.2) is 11.5 Å². The summed E-state index contributed by atoms with van der Waals surface area (Å²) >= 11 is 3.05. The number of benzene rings is 2. The molecule has 3 rings (SSSR count). The van der Waals surface area contributed by atoms with Gasteiger partial charge in [-0.1, -0.05) is 18.2 Å². The lowest BCUT2D eigenvalue weighted by atomic mass is 10.1. The van der Waals surface area contributed by atoms with Crippen LogP contribution in [0.2, 0.25) is 0 Å². The van der Waals surface area contributed by atoms with Crippen LogP contribution in [-0.2, 0) is 16.1 Å². The van der Waals surface area contributed by atoms with Gasteiger partial charge in [-0.05, 0) is 71.1 Å². The monoisotopic (exact) mass is 564 g/mol. The average Bonchev–Trinajstić information content (AvgIpc) is 3.04. The molecule has 1 fully saturated rings. The van der Waals surface area contributed by atoms with Crippen LogP contribution >= 0.6 is 34.4 Å². The van der Waals surface area contributed by atoms with Crippen molar-refractivity contribution in [3.8, 4) is 17.6 Å². The lowest BCUT2D eigenvalue weighted by molar-refractivity contribution is -0.123. The van der Waals surface area contributed by atoms with E-state index in [1.807, 2.05) is 31.2 Å². The second kappa shape index (κ2) is 11.4. The molecule has 0 saturated carbocycles. The molecule has 9 heteroatoms. The highest BCUT2D eigenvalue weighted by Gasteiger charge is 2.34. The van der Waals surface area contributed by atoms with Gasteiger partial charge in [0.2, 0.25) is 0 Å². The molecule has 0 spiro atoms. The fourth-order valence-electron chi connectivity index (χ4n) is 3.01. The third-order valence-corrected chi connectivity index (χ3v) is 6.24. The number of carbonyl (C=O) groups excluding carboxylic acids is 2. The number of carbonyl (C=O) groups is 2. The standard InChI is InChI=1S/C23H21IN2O5S/c1-3-30-19-11-15(12-20-22(27)26(8-9-29-2)23(28)32-20)10-18(24)21(19)31-14-17-7-5-4-6-16(17)13-25/h4-7,10-12H,3,8-9,14H2,1-2H3/b20-12+. The third kappa shape index (κ3) is 5.62. The fourth-order valence-corrected chi connectivity index (χ4v) is 4.65. The molecule has 0 aromatic heterocycles. The van der Waals surface area contributed by atoms with Gasteiger partial charge in [-0.25, -0.2) is 0 Å². The quantitative estimate of drug-likeness (QED) is 0.319. The highest BCUT2D eigenvalue weighted by atomic mass is 127. The molecule has 0 radical (unpaired) electrons. The molecule has 2 amide bonds. The third-order valence-electron chi connectivity index (χ3n) is 4.53. The number of amides is 2. The molecule has 1 aliphatic rings. The molecule has 0 unspecified atom stereocenters. The Morgan fingerprint density at radius 1 is 1.22 bits per heavy atom. The summed E-state index contributed by atoms with van der Waals surface area (Å²) in [5, 5.41) is 8.97. The predicted octanol–water partition coefficient (Wildman–Crippen LogP) is 4.82. The van der Waals surface area contributed by atoms with E-state index in [9.17, 15) is 14.9 Å². The van der Waals surface area contributed by atoms with Crippen LogP contribution in [0.4, 0.5) is 4.79 Å². The van der Waals surface area contributed by atoms with Crippen molar-refractivity contribution in [3.63, 3.8) is 0 Å². The molecular weight excluding hydrogens is 543 g/mol. The van der Waals surface area contributed by atoms with E-state index >= 15 is 0 Å². The first-order valence-corrected chi connectivity index (χ1v) is 11.7. The maximum atomic E-state index is 12.6. The van der Waals surface area contributed by atoms with Crippen molar-refractivity contribution in [1.82, 2.24) is 4.90 Å². The van der Waals surface area contributed by atoms with Crippen molar-refractivity contribution < 1.29 is 23.8 Å². The number of halogens is 1. The minimum absolute atomic E-state index is 0.219. The smallest absolute Gasteiger partial charge is 0.293 e. The number of methoxy groups -OCH3 is 1. The van der Waals surface area contributed by atoms with E-state index in [0.29, 0.717) is 35.2 Å². The molecule has 2 aromatic carbocycles. The molecule has 0 aliphatic carbocycles. The Kier molecular flexibility index (Phi) is 8.55. The number of hydrogen-bond donors (Lipinski definition) is 0. The van der Waals surface area contributed by atoms with Crippen LogP contribution in [0, 0.1) is 14.9 Å². The van der Waals surface area contributed by atoms with Crippen molar-refractivity contribution >= 4 is 51.6 Å². The summed E-state index contributed by atoms with van der Waals surface area (Å²) in [6.07, 6.45) is 1.68. The van der Waals surface area contributed by atoms with Crippen molar-refractivity contribution in [2.45, 2.75) is 13.5 Å². The van der Waals surface area contributed by atoms with Crippen molar-refractivity contribution in [2.75, 3.05) is 26.9 Å². The van der Waals surface area contributed by atoms with Crippen LogP contribution in [0.1, 0.15) is 23.6 Å². The summed E-state index contributed by atoms with van der Waals surface area (Å²) in [7, 11) is 1.52. The van der Waals surface area contributed by atoms with Crippen LogP contribution in [0.15, 0.2) is 41.3 Å². The second-order valence-electron chi connectivity index (χ2n) is 6.65. The zero-order valence-electron chi connectivity index (χ0n) is 17.6. The van der Waals surface area contributed by atoms with E-state index < -0.39 is 0 Å². The van der Waals surface area contributed by atoms with Gasteiger partial charge in [0.1, 0.15) is 6.61 Å². The summed E-state index contributed by atoms with van der Waals surface area (Å²) in [6.45, 7) is 3.03. The molecule has 32 heavy (non-hydrogen) atoms. The highest BCUT2D eigenvalue weighted by Crippen LogP contribution is 2.38. The molecule has 7 nitrogen and oxygen atoms in total. The van der Waals surface area contributed by atoms with Crippen molar-refractivity contribution in [1.29, 1.82) is 5.26 Å². The molecule has 0 N–H and O–H groups in total. The van der Waals surface area contributed by atoms with E-state index in [1.54, 1.807) is 18.2 Å². The van der Waals surface area contributed by atoms with Gasteiger partial charge in [0.25, 0.3) is 11.1 Å². The normalized spacial score (nSPS) is 14.7. The van der Waals surface area contributed by atoms with E-state index in [2.05, 4.69) is 28.7 Å². The van der Waals surface area contributed by atoms with Crippen LogP contribution < -0.4 is 9.47 Å². The van der Waals surface area contributed by atoms with E-state index in [-0.39, 0.29) is 24.3 Å². The predicted molar refractivity (Wildman–Crippen MR) is 130 cm³/mol. The van der Waals surface area contributed by atoms with Gasteiger partial charge in [-0.2, -0.15) is 5.26 Å². The lowest BCUT2D eigenvalue weighted by Gasteiger charge is -2.15. The Bertz CT molecular complexity index is 1100. The van der Waals surface area contributed by atoms with Gasteiger partial charge < -0.3 is 14.2 Å². The molecule has 166 valence electrons. The minimum Gasteiger partial charge on any atom is -0.490 e. The van der Waals surface area contributed by atoms with Gasteiger partial charge in [0.05, 0.1) is 39.9 Å². The molecule has 1 saturated heterocycles. The van der Waals surface area contributed by atoms with Crippen LogP contribution in [0.5, 0.6) is 11.5 Å². The molecule has 1 heterocycles. The van der Waals surface area contributed by atoms with Crippen molar-refractivity contribution in [2.24, 2.45) is 0 Å². The number of ether oxygens (including phenoxy) is 3. The number of rotatable bonds is 9. The van der Waals surface area contributed by atoms with Gasteiger partial charge in [0, 0.05) is 12.7 Å². The summed E-state index contributed by atoms with van der Waals surface area (Å²) in [6, 6.07) is 13.1. The molecule has 2 aromatic rings. The number of nitriles is 1. The van der Waals surface area contributed by atoms with E-state index in [0.717, 1.165) is 26.5 Å². The molecule has 0 bridgehead atoms. The SMILES string of the molecule is CCOc1cc(/C=C2/SC(=O)N(CCOC)C2=O)cc(I)c1OCc1ccccc1C#N. The first-order chi connectivity index (χ1) is 15.5. The van der Waals surface area contributed by atoms with Gasteiger partial charge in [-0.3, -0.25) is 14.5 Å². The number of imide groups is 1. The largest absolute Gasteiger partial charge is 0.490 e. The first kappa shape index (κ1) is 24.1. The average molecular weight is 564 g/mol. The first-order valence-electron chi connectivity index (χ1n) is 9.80. The molecule has 0 atom stereocenters. The number of nitrogens with zero attached hydrogens (tertiary/aromatic N) is 2. The molecule has 1 aliphatic heterocycles. The maximum Gasteiger partial charge on any atom is 0.293 e. The fraction of sp³-hybridized carbons (Fsp3) is 0.261. The Labute approximate surface area is 204 Å². The van der Waals surface area contributed by atoms with Gasteiger partial charge in [-0.15, -0.1) is 0 Å². The summed E-state index contributed by atoms with van der Waals surface area (Å²) in [5.41, 5.74) is 2.06. The zero-order valence-corrected chi connectivity index (χ0v) is 20.6. The Morgan fingerprint density at radius 2 is 2.00 bits per heavy atom. The zero-order chi connectivity index (χ0) is 23.1. The van der Waals surface area contributed by atoms with E-state index in [4.69, 9.17) is 14.2 Å². The summed E-state index contributed by atoms with van der Waals surface area (Å²) < 4.78 is 17.6. The Hall–Kier alpha value is -2.55.